The maximum Gasteiger partial charge on any atom is 0.586 e. The monoisotopic (exact) mass is 583 g/mol. The van der Waals surface area contributed by atoms with E-state index in [9.17, 15) is 36.6 Å². The van der Waals surface area contributed by atoms with Crippen molar-refractivity contribution in [1.82, 2.24) is 5.32 Å². The average Bonchev–Trinajstić information content (AvgIpc) is 3.64. The number of halogens is 5. The zero-order chi connectivity index (χ0) is 29.2. The third-order valence-corrected chi connectivity index (χ3v) is 8.43. The van der Waals surface area contributed by atoms with Gasteiger partial charge in [-0.2, -0.15) is 0 Å². The largest absolute Gasteiger partial charge is 0.586 e. The molecule has 6 rings (SSSR count). The molecule has 2 saturated carbocycles. The molecule has 2 aromatic carbocycles. The Morgan fingerprint density at radius 2 is 1.66 bits per heavy atom. The summed E-state index contributed by atoms with van der Waals surface area (Å²) in [6.45, 7) is 0. The van der Waals surface area contributed by atoms with Gasteiger partial charge in [-0.1, -0.05) is 6.07 Å². The molecule has 0 spiro atoms. The number of nitrogens with one attached hydrogen (secondary N) is 1. The number of alkyl halides is 5. The molecule has 0 bridgehead atoms. The Bertz CT molecular complexity index is 1370. The summed E-state index contributed by atoms with van der Waals surface area (Å²) < 4.78 is 84.9. The number of carboxylic acid groups (broad SMARTS) is 1. The van der Waals surface area contributed by atoms with Crippen molar-refractivity contribution >= 4 is 11.9 Å². The maximum absolute atomic E-state index is 13.7. The number of carbonyl (C=O) groups excluding carboxylic acids is 1. The van der Waals surface area contributed by atoms with Crippen molar-refractivity contribution in [3.63, 3.8) is 0 Å². The number of carbonyl (C=O) groups is 2. The number of carboxylic acids is 1. The predicted molar refractivity (Wildman–Crippen MR) is 130 cm³/mol. The highest BCUT2D eigenvalue weighted by Gasteiger charge is 2.53. The molecule has 220 valence electrons. The van der Waals surface area contributed by atoms with Gasteiger partial charge in [0.25, 0.3) is 0 Å². The smallest absolute Gasteiger partial charge is 0.490 e. The lowest BCUT2D eigenvalue weighted by Crippen LogP contribution is -2.43. The van der Waals surface area contributed by atoms with Crippen molar-refractivity contribution in [3.8, 4) is 23.0 Å². The van der Waals surface area contributed by atoms with Crippen LogP contribution in [0.4, 0.5) is 22.0 Å². The summed E-state index contributed by atoms with van der Waals surface area (Å²) in [5, 5.41) is 12.4. The van der Waals surface area contributed by atoms with Gasteiger partial charge >= 0.3 is 18.6 Å². The van der Waals surface area contributed by atoms with Crippen LogP contribution in [0, 0.1) is 11.8 Å². The normalized spacial score (nSPS) is 27.2. The average molecular weight is 584 g/mol. The van der Waals surface area contributed by atoms with Crippen LogP contribution in [0.25, 0.3) is 0 Å². The molecule has 2 fully saturated rings. The van der Waals surface area contributed by atoms with Crippen molar-refractivity contribution in [2.45, 2.75) is 75.2 Å². The van der Waals surface area contributed by atoms with Crippen LogP contribution in [0.2, 0.25) is 0 Å². The van der Waals surface area contributed by atoms with Crippen LogP contribution in [0.5, 0.6) is 23.0 Å². The Morgan fingerprint density at radius 1 is 0.951 bits per heavy atom. The van der Waals surface area contributed by atoms with Crippen LogP contribution >= 0.6 is 0 Å². The molecule has 2 N–H and O–H groups in total. The van der Waals surface area contributed by atoms with Crippen LogP contribution < -0.4 is 24.3 Å². The molecule has 8 nitrogen and oxygen atoms in total. The van der Waals surface area contributed by atoms with Crippen LogP contribution in [0.3, 0.4) is 0 Å². The van der Waals surface area contributed by atoms with E-state index in [1.165, 1.54) is 18.2 Å². The highest BCUT2D eigenvalue weighted by Crippen LogP contribution is 2.53. The summed E-state index contributed by atoms with van der Waals surface area (Å²) in [7, 11) is 0. The topological polar surface area (TPSA) is 103 Å². The fraction of sp³-hybridized carbons (Fsp3) is 0.500. The Balaban J connectivity index is 1.24. The summed E-state index contributed by atoms with van der Waals surface area (Å²) in [5.41, 5.74) is -0.0207. The first-order valence-electron chi connectivity index (χ1n) is 13.3. The Morgan fingerprint density at radius 3 is 2.32 bits per heavy atom. The van der Waals surface area contributed by atoms with Gasteiger partial charge in [-0.25, -0.2) is 0 Å². The van der Waals surface area contributed by atoms with E-state index in [1.807, 2.05) is 0 Å². The maximum atomic E-state index is 13.7. The molecular formula is C28H26F5NO7. The molecule has 2 heterocycles. The molecule has 0 saturated heterocycles. The number of fused-ring (bicyclic) bond motifs is 2. The highest BCUT2D eigenvalue weighted by molar-refractivity contribution is 5.92. The SMILES string of the molecule is O=C(N[C@@H]1C[C@H]([C@H]2CC[C@@H](C(=O)O)CC2)Oc2cc(OC(F)(F)F)ccc21)C1(c2ccc3c(c2)OC(F)(F)O3)CC1. The van der Waals surface area contributed by atoms with Crippen molar-refractivity contribution in [2.75, 3.05) is 0 Å². The molecule has 2 aliphatic heterocycles. The minimum Gasteiger partial charge on any atom is -0.490 e. The van der Waals surface area contributed by atoms with E-state index in [1.54, 1.807) is 6.07 Å². The van der Waals surface area contributed by atoms with Crippen LogP contribution in [-0.4, -0.2) is 35.7 Å². The Kier molecular flexibility index (Phi) is 6.46. The standard InChI is InChI=1S/C28H26F5NO7/c29-27(30,31)39-17-6-7-18-19(13-21(38-22(18)12-17)14-1-3-15(4-2-14)24(35)36)34-25(37)26(9-10-26)16-5-8-20-23(11-16)41-28(32,33)40-20/h5-8,11-12,14-15,19,21H,1-4,9-10,13H2,(H,34,37)(H,35,36)/t14-,15+,19-,21-/m1/s1. The van der Waals surface area contributed by atoms with Gasteiger partial charge in [-0.05, 0) is 74.3 Å². The molecule has 1 amide bonds. The lowest BCUT2D eigenvalue weighted by Gasteiger charge is -2.39. The third-order valence-electron chi connectivity index (χ3n) is 8.43. The first-order valence-corrected chi connectivity index (χ1v) is 13.3. The van der Waals surface area contributed by atoms with Gasteiger partial charge in [-0.15, -0.1) is 22.0 Å². The second-order valence-electron chi connectivity index (χ2n) is 11.0. The van der Waals surface area contributed by atoms with Gasteiger partial charge in [0.1, 0.15) is 17.6 Å². The molecule has 41 heavy (non-hydrogen) atoms. The molecule has 0 unspecified atom stereocenters. The predicted octanol–water partition coefficient (Wildman–Crippen LogP) is 5.84. The van der Waals surface area contributed by atoms with E-state index >= 15 is 0 Å². The fourth-order valence-electron chi connectivity index (χ4n) is 6.15. The number of hydrogen-bond donors (Lipinski definition) is 2. The van der Waals surface area contributed by atoms with E-state index in [-0.39, 0.29) is 29.1 Å². The quantitative estimate of drug-likeness (QED) is 0.412. The van der Waals surface area contributed by atoms with Crippen LogP contribution in [0.1, 0.15) is 62.1 Å². The molecule has 2 atom stereocenters. The zero-order valence-corrected chi connectivity index (χ0v) is 21.5. The minimum atomic E-state index is -4.90. The molecular weight excluding hydrogens is 557 g/mol. The Hall–Kier alpha value is -3.77. The van der Waals surface area contributed by atoms with E-state index in [4.69, 9.17) is 4.74 Å². The van der Waals surface area contributed by atoms with Crippen molar-refractivity contribution < 1.29 is 55.6 Å². The zero-order valence-electron chi connectivity index (χ0n) is 21.5. The van der Waals surface area contributed by atoms with E-state index in [0.717, 1.165) is 12.1 Å². The molecule has 0 aromatic heterocycles. The van der Waals surface area contributed by atoms with Crippen molar-refractivity contribution in [2.24, 2.45) is 11.8 Å². The lowest BCUT2D eigenvalue weighted by molar-refractivity contribution is -0.286. The highest BCUT2D eigenvalue weighted by atomic mass is 19.4. The summed E-state index contributed by atoms with van der Waals surface area (Å²) in [4.78, 5) is 25.1. The van der Waals surface area contributed by atoms with E-state index in [0.29, 0.717) is 56.1 Å². The Labute approximate surface area is 230 Å². The van der Waals surface area contributed by atoms with Gasteiger partial charge < -0.3 is 29.4 Å². The van der Waals surface area contributed by atoms with Gasteiger partial charge in [0, 0.05) is 18.1 Å². The second kappa shape index (κ2) is 9.66. The number of ether oxygens (including phenoxy) is 4. The molecule has 2 aliphatic carbocycles. The lowest BCUT2D eigenvalue weighted by atomic mass is 9.77. The van der Waals surface area contributed by atoms with Crippen molar-refractivity contribution in [3.05, 3.63) is 47.5 Å². The van der Waals surface area contributed by atoms with E-state index < -0.39 is 47.9 Å². The number of rotatable bonds is 6. The fourth-order valence-corrected chi connectivity index (χ4v) is 6.15. The van der Waals surface area contributed by atoms with Crippen LogP contribution in [-0.2, 0) is 15.0 Å². The summed E-state index contributed by atoms with van der Waals surface area (Å²) >= 11 is 0. The molecule has 0 radical (unpaired) electrons. The molecule has 4 aliphatic rings. The van der Waals surface area contributed by atoms with Gasteiger partial charge in [0.05, 0.1) is 17.4 Å². The summed E-state index contributed by atoms with van der Waals surface area (Å²) in [5.74, 6) is -2.36. The van der Waals surface area contributed by atoms with Crippen molar-refractivity contribution in [1.29, 1.82) is 0 Å². The minimum absolute atomic E-state index is 0.0595. The number of benzene rings is 2. The molecule has 13 heteroatoms. The summed E-state index contributed by atoms with van der Waals surface area (Å²) in [6.07, 6.45) is -5.91. The van der Waals surface area contributed by atoms with Gasteiger partial charge in [0.15, 0.2) is 11.5 Å². The van der Waals surface area contributed by atoms with Gasteiger partial charge in [-0.3, -0.25) is 9.59 Å². The number of amides is 1. The first kappa shape index (κ1) is 27.4. The summed E-state index contributed by atoms with van der Waals surface area (Å²) in [6, 6.07) is 7.32. The second-order valence-corrected chi connectivity index (χ2v) is 11.0. The molecule has 2 aromatic rings. The van der Waals surface area contributed by atoms with Gasteiger partial charge in [0.2, 0.25) is 5.91 Å². The van der Waals surface area contributed by atoms with Crippen LogP contribution in [0.15, 0.2) is 36.4 Å². The third kappa shape index (κ3) is 5.45. The van der Waals surface area contributed by atoms with E-state index in [2.05, 4.69) is 19.5 Å². The number of aliphatic carboxylic acids is 1. The first-order chi connectivity index (χ1) is 19.3. The number of hydrogen-bond acceptors (Lipinski definition) is 6.